The number of nitrogens with one attached hydrogen (secondary N) is 2. The van der Waals surface area contributed by atoms with E-state index in [-0.39, 0.29) is 22.6 Å². The van der Waals surface area contributed by atoms with Crippen molar-refractivity contribution >= 4 is 17.6 Å². The number of benzene rings is 1. The number of methoxy groups -OCH3 is 1. The second kappa shape index (κ2) is 7.55. The molecule has 162 valence electrons. The van der Waals surface area contributed by atoms with Crippen LogP contribution in [0.2, 0.25) is 0 Å². The van der Waals surface area contributed by atoms with Crippen molar-refractivity contribution in [2.45, 2.75) is 32.6 Å². The summed E-state index contributed by atoms with van der Waals surface area (Å²) in [4.78, 5) is 32.2. The predicted molar refractivity (Wildman–Crippen MR) is 113 cm³/mol. The highest BCUT2D eigenvalue weighted by atomic mass is 16.5. The lowest BCUT2D eigenvalue weighted by molar-refractivity contribution is -0.118. The van der Waals surface area contributed by atoms with E-state index in [1.54, 1.807) is 24.1 Å². The number of allylic oxidation sites excluding steroid dienone is 2. The summed E-state index contributed by atoms with van der Waals surface area (Å²) in [7, 11) is 1.57. The highest BCUT2D eigenvalue weighted by molar-refractivity contribution is 6.06. The maximum Gasteiger partial charge on any atom is 0.265 e. The van der Waals surface area contributed by atoms with Gasteiger partial charge in [-0.3, -0.25) is 19.9 Å². The molecule has 1 unspecified atom stereocenters. The smallest absolute Gasteiger partial charge is 0.265 e. The van der Waals surface area contributed by atoms with Gasteiger partial charge in [-0.15, -0.1) is 0 Å². The molecule has 0 radical (unpaired) electrons. The predicted octanol–water partition coefficient (Wildman–Crippen LogP) is 1.22. The molecule has 10 nitrogen and oxygen atoms in total. The molecule has 2 aromatic rings. The molecule has 10 heteroatoms. The first kappa shape index (κ1) is 20.6. The van der Waals surface area contributed by atoms with Gasteiger partial charge in [0.1, 0.15) is 17.9 Å². The Morgan fingerprint density at radius 3 is 2.58 bits per heavy atom. The number of aromatic amines is 1. The van der Waals surface area contributed by atoms with Gasteiger partial charge in [-0.1, -0.05) is 26.0 Å². The van der Waals surface area contributed by atoms with Crippen molar-refractivity contribution in [2.24, 2.45) is 17.0 Å². The minimum atomic E-state index is -0.674. The zero-order valence-corrected chi connectivity index (χ0v) is 17.6. The molecule has 0 spiro atoms. The number of ether oxygens (including phenoxy) is 1. The van der Waals surface area contributed by atoms with E-state index < -0.39 is 11.8 Å². The van der Waals surface area contributed by atoms with Gasteiger partial charge in [-0.25, -0.2) is 10.9 Å². The van der Waals surface area contributed by atoms with E-state index >= 15 is 0 Å². The van der Waals surface area contributed by atoms with Crippen molar-refractivity contribution < 1.29 is 14.3 Å². The van der Waals surface area contributed by atoms with E-state index in [0.717, 1.165) is 5.56 Å². The van der Waals surface area contributed by atoms with Crippen LogP contribution in [0.4, 0.5) is 5.95 Å². The number of nitrogens with two attached hydrogens (primary N) is 2. The lowest BCUT2D eigenvalue weighted by Gasteiger charge is -2.43. The minimum absolute atomic E-state index is 0.0496. The summed E-state index contributed by atoms with van der Waals surface area (Å²) < 4.78 is 5.25. The standard InChI is InChI=1S/C21H25N7O3/c1-21(2)8-13-16(14(29)9-21)15(11-4-6-12(31-3)7-5-11)17(19(30)26-23)18(22)28(13)20-24-10-25-27-20/h4-7,10,15H,8-9,22-23H2,1-3H3,(H,26,30)(H,24,25,27). The average molecular weight is 423 g/mol. The van der Waals surface area contributed by atoms with Crippen molar-refractivity contribution in [2.75, 3.05) is 12.0 Å². The van der Waals surface area contributed by atoms with E-state index in [2.05, 4.69) is 20.6 Å². The monoisotopic (exact) mass is 423 g/mol. The fourth-order valence-corrected chi connectivity index (χ4v) is 4.39. The molecule has 0 saturated carbocycles. The van der Waals surface area contributed by atoms with Crippen molar-refractivity contribution in [3.05, 3.63) is 58.8 Å². The van der Waals surface area contributed by atoms with Gasteiger partial charge in [0.25, 0.3) is 5.91 Å². The molecule has 6 N–H and O–H groups in total. The van der Waals surface area contributed by atoms with Gasteiger partial charge >= 0.3 is 0 Å². The van der Waals surface area contributed by atoms with Crippen LogP contribution in [0.15, 0.2) is 53.3 Å². The number of Topliss-reactive ketones (excluding diaryl/α,β-unsaturated/α-hetero) is 1. The Balaban J connectivity index is 1.99. The molecular formula is C21H25N7O3. The Hall–Kier alpha value is -3.66. The van der Waals surface area contributed by atoms with Gasteiger partial charge in [-0.05, 0) is 29.5 Å². The van der Waals surface area contributed by atoms with Gasteiger partial charge < -0.3 is 10.5 Å². The van der Waals surface area contributed by atoms with Crippen molar-refractivity contribution in [3.8, 4) is 5.75 Å². The second-order valence-electron chi connectivity index (χ2n) is 8.42. The SMILES string of the molecule is COc1ccc(C2C(C(=O)NN)=C(N)N(c3ncn[nH]3)C3=C2C(=O)CC(C)(C)C3)cc1. The number of hydrogen-bond acceptors (Lipinski definition) is 8. The normalized spacial score (nSPS) is 20.6. The number of hydrogen-bond donors (Lipinski definition) is 4. The van der Waals surface area contributed by atoms with E-state index in [1.165, 1.54) is 6.33 Å². The van der Waals surface area contributed by atoms with E-state index in [4.69, 9.17) is 16.3 Å². The molecule has 2 aliphatic rings. The largest absolute Gasteiger partial charge is 0.497 e. The number of carbonyl (C=O) groups is 2. The van der Waals surface area contributed by atoms with Crippen LogP contribution >= 0.6 is 0 Å². The minimum Gasteiger partial charge on any atom is -0.497 e. The van der Waals surface area contributed by atoms with Gasteiger partial charge in [0, 0.05) is 23.6 Å². The van der Waals surface area contributed by atoms with Crippen LogP contribution in [0.3, 0.4) is 0 Å². The third-order valence-electron chi connectivity index (χ3n) is 5.70. The third-order valence-corrected chi connectivity index (χ3v) is 5.70. The molecule has 1 aliphatic carbocycles. The molecule has 2 heterocycles. The summed E-state index contributed by atoms with van der Waals surface area (Å²) in [5.41, 5.74) is 10.6. The molecule has 1 aliphatic heterocycles. The number of rotatable bonds is 4. The van der Waals surface area contributed by atoms with Crippen LogP contribution in [-0.2, 0) is 9.59 Å². The molecule has 1 aromatic carbocycles. The van der Waals surface area contributed by atoms with Crippen molar-refractivity contribution in [3.63, 3.8) is 0 Å². The molecule has 1 amide bonds. The molecule has 4 rings (SSSR count). The first-order chi connectivity index (χ1) is 14.8. The number of aromatic nitrogens is 3. The third kappa shape index (κ3) is 3.44. The molecule has 31 heavy (non-hydrogen) atoms. The first-order valence-electron chi connectivity index (χ1n) is 9.83. The summed E-state index contributed by atoms with van der Waals surface area (Å²) in [6.45, 7) is 4.05. The Morgan fingerprint density at radius 1 is 1.29 bits per heavy atom. The second-order valence-corrected chi connectivity index (χ2v) is 8.42. The van der Waals surface area contributed by atoms with Crippen molar-refractivity contribution in [1.29, 1.82) is 0 Å². The molecule has 1 atom stereocenters. The maximum atomic E-state index is 13.4. The quantitative estimate of drug-likeness (QED) is 0.325. The van der Waals surface area contributed by atoms with Gasteiger partial charge in [-0.2, -0.15) is 10.1 Å². The fourth-order valence-electron chi connectivity index (χ4n) is 4.39. The molecular weight excluding hydrogens is 398 g/mol. The van der Waals surface area contributed by atoms with Crippen LogP contribution in [0.5, 0.6) is 5.75 Å². The van der Waals surface area contributed by atoms with Crippen LogP contribution in [0.25, 0.3) is 0 Å². The Kier molecular flexibility index (Phi) is 5.02. The maximum absolute atomic E-state index is 13.4. The summed E-state index contributed by atoms with van der Waals surface area (Å²) in [5.74, 6) is 5.33. The zero-order chi connectivity index (χ0) is 22.3. The molecule has 1 aromatic heterocycles. The zero-order valence-electron chi connectivity index (χ0n) is 17.6. The first-order valence-corrected chi connectivity index (χ1v) is 9.83. The van der Waals surface area contributed by atoms with Gasteiger partial charge in [0.2, 0.25) is 5.95 Å². The Labute approximate surface area is 179 Å². The average Bonchev–Trinajstić information content (AvgIpc) is 3.26. The number of hydrazine groups is 1. The summed E-state index contributed by atoms with van der Waals surface area (Å²) in [6, 6.07) is 7.21. The number of amides is 1. The van der Waals surface area contributed by atoms with Crippen LogP contribution in [0, 0.1) is 5.41 Å². The lowest BCUT2D eigenvalue weighted by Crippen LogP contribution is -2.46. The lowest BCUT2D eigenvalue weighted by atomic mass is 9.68. The highest BCUT2D eigenvalue weighted by Gasteiger charge is 2.46. The number of anilines is 1. The summed E-state index contributed by atoms with van der Waals surface area (Å²) >= 11 is 0. The van der Waals surface area contributed by atoms with Crippen molar-refractivity contribution in [1.82, 2.24) is 20.6 Å². The molecule has 0 bridgehead atoms. The fraction of sp³-hybridized carbons (Fsp3) is 0.333. The number of H-pyrrole nitrogens is 1. The van der Waals surface area contributed by atoms with Gasteiger partial charge in [0.05, 0.1) is 12.7 Å². The van der Waals surface area contributed by atoms with Crippen LogP contribution in [-0.4, -0.2) is 34.0 Å². The van der Waals surface area contributed by atoms with Gasteiger partial charge in [0.15, 0.2) is 5.78 Å². The van der Waals surface area contributed by atoms with E-state index in [9.17, 15) is 9.59 Å². The van der Waals surface area contributed by atoms with E-state index in [0.29, 0.717) is 35.8 Å². The molecule has 0 fully saturated rings. The van der Waals surface area contributed by atoms with E-state index in [1.807, 2.05) is 26.0 Å². The number of nitrogens with zero attached hydrogens (tertiary/aromatic N) is 3. The number of ketones is 1. The summed E-state index contributed by atoms with van der Waals surface area (Å²) in [6.07, 6.45) is 2.26. The molecule has 0 saturated heterocycles. The van der Waals surface area contributed by atoms with Crippen LogP contribution < -0.4 is 26.6 Å². The Morgan fingerprint density at radius 2 is 2.00 bits per heavy atom. The van der Waals surface area contributed by atoms with Crippen LogP contribution in [0.1, 0.15) is 38.2 Å². The Bertz CT molecular complexity index is 1080. The summed E-state index contributed by atoms with van der Waals surface area (Å²) in [5, 5.41) is 6.69. The number of carbonyl (C=O) groups excluding carboxylic acids is 2. The highest BCUT2D eigenvalue weighted by Crippen LogP contribution is 2.49. The topological polar surface area (TPSA) is 152 Å².